The lowest BCUT2D eigenvalue weighted by molar-refractivity contribution is -0.128. The van der Waals surface area contributed by atoms with E-state index in [1.807, 2.05) is 0 Å². The van der Waals surface area contributed by atoms with Gasteiger partial charge in [0.05, 0.1) is 0 Å². The Kier molecular flexibility index (Phi) is 6.58. The van der Waals surface area contributed by atoms with Crippen molar-refractivity contribution < 1.29 is 13.6 Å². The Morgan fingerprint density at radius 2 is 1.89 bits per heavy atom. The van der Waals surface area contributed by atoms with E-state index in [4.69, 9.17) is 23.2 Å². The van der Waals surface area contributed by atoms with Crippen molar-refractivity contribution in [2.45, 2.75) is 31.5 Å². The van der Waals surface area contributed by atoms with Crippen LogP contribution in [-0.4, -0.2) is 25.2 Å². The van der Waals surface area contributed by atoms with E-state index >= 15 is 4.39 Å². The van der Waals surface area contributed by atoms with Crippen LogP contribution in [-0.2, 0) is 16.8 Å². The third kappa shape index (κ3) is 4.32. The summed E-state index contributed by atoms with van der Waals surface area (Å²) in [5.41, 5.74) is 0.377. The number of amides is 1. The first kappa shape index (κ1) is 21.0. The van der Waals surface area contributed by atoms with Gasteiger partial charge < -0.3 is 10.6 Å². The number of carbonyl (C=O) groups is 1. The molecule has 2 aromatic carbocycles. The Hall–Kier alpha value is -1.69. The van der Waals surface area contributed by atoms with E-state index in [-0.39, 0.29) is 19.0 Å². The van der Waals surface area contributed by atoms with E-state index < -0.39 is 23.3 Å². The molecule has 2 aromatic rings. The fraction of sp³-hybridized carbons (Fsp3) is 0.381. The zero-order chi connectivity index (χ0) is 20.3. The monoisotopic (exact) mass is 426 g/mol. The summed E-state index contributed by atoms with van der Waals surface area (Å²) in [7, 11) is 0. The Labute approximate surface area is 173 Å². The highest BCUT2D eigenvalue weighted by molar-refractivity contribution is 6.34. The molecule has 1 fully saturated rings. The van der Waals surface area contributed by atoms with Crippen molar-refractivity contribution in [3.8, 4) is 0 Å². The molecule has 0 bridgehead atoms. The van der Waals surface area contributed by atoms with Crippen LogP contribution in [0, 0.1) is 11.7 Å². The van der Waals surface area contributed by atoms with Crippen molar-refractivity contribution in [2.24, 2.45) is 5.92 Å². The molecule has 1 heterocycles. The highest BCUT2D eigenvalue weighted by Crippen LogP contribution is 2.42. The number of alkyl halides is 1. The van der Waals surface area contributed by atoms with Gasteiger partial charge in [-0.05, 0) is 54.4 Å². The minimum absolute atomic E-state index is 0.152. The van der Waals surface area contributed by atoms with Crippen molar-refractivity contribution in [1.29, 1.82) is 0 Å². The van der Waals surface area contributed by atoms with Gasteiger partial charge in [0.1, 0.15) is 12.0 Å². The molecular formula is C21H22Cl2F2N2O. The standard InChI is InChI=1S/C21H22Cl2F2N2O/c1-13(20(28)27-11-14-8-16(22)10-17(23)9-14)21(6-7-26-12-19(21)25)15-2-4-18(24)5-3-15/h2-5,8-10,13,19,26H,6-7,11-12H2,1H3,(H,27,28). The molecule has 1 saturated heterocycles. The van der Waals surface area contributed by atoms with Gasteiger partial charge in [-0.25, -0.2) is 8.78 Å². The topological polar surface area (TPSA) is 41.1 Å². The van der Waals surface area contributed by atoms with E-state index in [0.717, 1.165) is 5.56 Å². The maximum absolute atomic E-state index is 15.2. The van der Waals surface area contributed by atoms with Crippen LogP contribution >= 0.6 is 23.2 Å². The van der Waals surface area contributed by atoms with E-state index in [1.165, 1.54) is 12.1 Å². The zero-order valence-corrected chi connectivity index (χ0v) is 17.0. The van der Waals surface area contributed by atoms with Gasteiger partial charge in [-0.2, -0.15) is 0 Å². The van der Waals surface area contributed by atoms with Crippen LogP contribution < -0.4 is 10.6 Å². The minimum Gasteiger partial charge on any atom is -0.352 e. The number of benzene rings is 2. The number of hydrogen-bond donors (Lipinski definition) is 2. The molecule has 0 radical (unpaired) electrons. The van der Waals surface area contributed by atoms with E-state index in [9.17, 15) is 9.18 Å². The molecule has 150 valence electrons. The van der Waals surface area contributed by atoms with Gasteiger partial charge in [0.15, 0.2) is 0 Å². The molecule has 3 nitrogen and oxygen atoms in total. The normalized spacial score (nSPS) is 23.2. The number of piperidine rings is 1. The van der Waals surface area contributed by atoms with Gasteiger partial charge in [-0.3, -0.25) is 4.79 Å². The summed E-state index contributed by atoms with van der Waals surface area (Å²) in [6, 6.07) is 10.8. The van der Waals surface area contributed by atoms with Gasteiger partial charge in [0.25, 0.3) is 0 Å². The molecule has 1 aliphatic rings. The molecule has 1 aliphatic heterocycles. The maximum Gasteiger partial charge on any atom is 0.224 e. The first-order valence-electron chi connectivity index (χ1n) is 9.16. The first-order chi connectivity index (χ1) is 13.3. The zero-order valence-electron chi connectivity index (χ0n) is 15.4. The van der Waals surface area contributed by atoms with E-state index in [0.29, 0.717) is 28.6 Å². The maximum atomic E-state index is 15.2. The Morgan fingerprint density at radius 3 is 2.50 bits per heavy atom. The molecule has 0 saturated carbocycles. The Bertz CT molecular complexity index is 827. The van der Waals surface area contributed by atoms with Gasteiger partial charge in [0.2, 0.25) is 5.91 Å². The molecule has 3 rings (SSSR count). The van der Waals surface area contributed by atoms with Crippen LogP contribution in [0.25, 0.3) is 0 Å². The molecule has 0 aliphatic carbocycles. The van der Waals surface area contributed by atoms with Gasteiger partial charge in [-0.15, -0.1) is 0 Å². The van der Waals surface area contributed by atoms with Crippen LogP contribution in [0.3, 0.4) is 0 Å². The lowest BCUT2D eigenvalue weighted by Crippen LogP contribution is -2.56. The van der Waals surface area contributed by atoms with Crippen molar-refractivity contribution in [2.75, 3.05) is 13.1 Å². The lowest BCUT2D eigenvalue weighted by Gasteiger charge is -2.44. The predicted octanol–water partition coefficient (Wildman–Crippen LogP) is 4.65. The molecule has 1 amide bonds. The summed E-state index contributed by atoms with van der Waals surface area (Å²) in [6.45, 7) is 2.69. The van der Waals surface area contributed by atoms with Crippen molar-refractivity contribution in [3.05, 3.63) is 69.5 Å². The van der Waals surface area contributed by atoms with Crippen LogP contribution in [0.5, 0.6) is 0 Å². The number of hydrogen-bond acceptors (Lipinski definition) is 2. The van der Waals surface area contributed by atoms with Crippen LogP contribution in [0.4, 0.5) is 8.78 Å². The summed E-state index contributed by atoms with van der Waals surface area (Å²) in [5.74, 6) is -1.31. The predicted molar refractivity (Wildman–Crippen MR) is 108 cm³/mol. The molecule has 3 unspecified atom stereocenters. The first-order valence-corrected chi connectivity index (χ1v) is 9.92. The number of nitrogens with one attached hydrogen (secondary N) is 2. The quantitative estimate of drug-likeness (QED) is 0.729. The fourth-order valence-electron chi connectivity index (χ4n) is 3.98. The lowest BCUT2D eigenvalue weighted by atomic mass is 9.64. The second-order valence-corrected chi connectivity index (χ2v) is 8.06. The van der Waals surface area contributed by atoms with Gasteiger partial charge in [-0.1, -0.05) is 42.3 Å². The highest BCUT2D eigenvalue weighted by atomic mass is 35.5. The van der Waals surface area contributed by atoms with Crippen molar-refractivity contribution in [1.82, 2.24) is 10.6 Å². The van der Waals surface area contributed by atoms with E-state index in [1.54, 1.807) is 37.3 Å². The molecule has 3 atom stereocenters. The second kappa shape index (κ2) is 8.76. The second-order valence-electron chi connectivity index (χ2n) is 7.19. The van der Waals surface area contributed by atoms with Crippen LogP contribution in [0.2, 0.25) is 10.0 Å². The minimum atomic E-state index is -1.27. The molecule has 0 spiro atoms. The highest BCUT2D eigenvalue weighted by Gasteiger charge is 2.49. The third-order valence-electron chi connectivity index (χ3n) is 5.53. The van der Waals surface area contributed by atoms with Crippen LogP contribution in [0.1, 0.15) is 24.5 Å². The Balaban J connectivity index is 1.83. The third-order valence-corrected chi connectivity index (χ3v) is 5.97. The summed E-state index contributed by atoms with van der Waals surface area (Å²) in [4.78, 5) is 12.9. The SMILES string of the molecule is CC(C(=O)NCc1cc(Cl)cc(Cl)c1)C1(c2ccc(F)cc2)CCNCC1F. The molecule has 2 N–H and O–H groups in total. The van der Waals surface area contributed by atoms with E-state index in [2.05, 4.69) is 10.6 Å². The number of carbonyl (C=O) groups excluding carboxylic acids is 1. The molecule has 28 heavy (non-hydrogen) atoms. The largest absolute Gasteiger partial charge is 0.352 e. The number of halogens is 4. The Morgan fingerprint density at radius 1 is 1.25 bits per heavy atom. The summed E-state index contributed by atoms with van der Waals surface area (Å²) in [5, 5.41) is 6.85. The molecular weight excluding hydrogens is 405 g/mol. The smallest absolute Gasteiger partial charge is 0.224 e. The summed E-state index contributed by atoms with van der Waals surface area (Å²) < 4.78 is 28.6. The average molecular weight is 427 g/mol. The molecule has 0 aromatic heterocycles. The van der Waals surface area contributed by atoms with Gasteiger partial charge >= 0.3 is 0 Å². The fourth-order valence-corrected chi connectivity index (χ4v) is 4.55. The van der Waals surface area contributed by atoms with Crippen molar-refractivity contribution in [3.63, 3.8) is 0 Å². The number of rotatable bonds is 5. The summed E-state index contributed by atoms with van der Waals surface area (Å²) >= 11 is 12.0. The average Bonchev–Trinajstić information content (AvgIpc) is 2.66. The van der Waals surface area contributed by atoms with Crippen LogP contribution in [0.15, 0.2) is 42.5 Å². The van der Waals surface area contributed by atoms with Gasteiger partial charge in [0, 0.05) is 34.5 Å². The summed E-state index contributed by atoms with van der Waals surface area (Å²) in [6.07, 6.45) is -0.828. The molecule has 7 heteroatoms. The van der Waals surface area contributed by atoms with Crippen molar-refractivity contribution >= 4 is 29.1 Å².